The van der Waals surface area contributed by atoms with Crippen molar-refractivity contribution in [1.82, 2.24) is 4.98 Å². The number of rotatable bonds is 7. The highest BCUT2D eigenvalue weighted by Gasteiger charge is 2.05. The number of nitro groups is 1. The maximum Gasteiger partial charge on any atom is 0.287 e. The number of ether oxygens (including phenoxy) is 1. The molecule has 0 saturated carbocycles. The Labute approximate surface area is 92.4 Å². The average molecular weight is 224 g/mol. The van der Waals surface area contributed by atoms with Crippen molar-refractivity contribution in [3.05, 3.63) is 28.4 Å². The number of aromatic nitrogens is 1. The zero-order chi connectivity index (χ0) is 11.8. The third-order valence-corrected chi connectivity index (χ3v) is 1.90. The van der Waals surface area contributed by atoms with Gasteiger partial charge >= 0.3 is 0 Å². The highest BCUT2D eigenvalue weighted by atomic mass is 16.6. The number of carbonyl (C=O) groups is 1. The zero-order valence-corrected chi connectivity index (χ0v) is 8.67. The second-order valence-electron chi connectivity index (χ2n) is 3.12. The lowest BCUT2D eigenvalue weighted by Crippen LogP contribution is -1.99. The normalized spacial score (nSPS) is 9.75. The predicted octanol–water partition coefficient (Wildman–Crippen LogP) is 1.74. The van der Waals surface area contributed by atoms with E-state index in [0.717, 1.165) is 25.3 Å². The fourth-order valence-corrected chi connectivity index (χ4v) is 1.07. The molecule has 0 radical (unpaired) electrons. The number of nitrogens with zero attached hydrogens (tertiary/aromatic N) is 2. The molecule has 6 nitrogen and oxygen atoms in total. The van der Waals surface area contributed by atoms with E-state index < -0.39 is 4.92 Å². The van der Waals surface area contributed by atoms with Gasteiger partial charge in [-0.05, 0) is 12.8 Å². The van der Waals surface area contributed by atoms with Gasteiger partial charge in [0, 0.05) is 18.6 Å². The number of carbonyl (C=O) groups excluding carboxylic acids is 1. The quantitative estimate of drug-likeness (QED) is 0.305. The topological polar surface area (TPSA) is 82.3 Å². The SMILES string of the molecule is O=CCCCCOc1ccc([N+](=O)[O-])cn1. The Morgan fingerprint density at radius 3 is 2.81 bits per heavy atom. The molecule has 0 aliphatic carbocycles. The van der Waals surface area contributed by atoms with Crippen LogP contribution in [0.1, 0.15) is 19.3 Å². The van der Waals surface area contributed by atoms with E-state index in [9.17, 15) is 14.9 Å². The van der Waals surface area contributed by atoms with E-state index in [1.165, 1.54) is 12.1 Å². The van der Waals surface area contributed by atoms with E-state index in [-0.39, 0.29) is 5.69 Å². The fourth-order valence-electron chi connectivity index (χ4n) is 1.07. The predicted molar refractivity (Wildman–Crippen MR) is 56.3 cm³/mol. The van der Waals surface area contributed by atoms with Gasteiger partial charge in [0.15, 0.2) is 0 Å². The highest BCUT2D eigenvalue weighted by molar-refractivity contribution is 5.48. The summed E-state index contributed by atoms with van der Waals surface area (Å²) in [7, 11) is 0. The Balaban J connectivity index is 2.32. The molecule has 0 aromatic carbocycles. The summed E-state index contributed by atoms with van der Waals surface area (Å²) in [5, 5.41) is 10.3. The van der Waals surface area contributed by atoms with Gasteiger partial charge in [-0.1, -0.05) is 0 Å². The standard InChI is InChI=1S/C10H12N2O4/c13-6-2-1-3-7-16-10-5-4-9(8-11-10)12(14)15/h4-6,8H,1-3,7H2. The van der Waals surface area contributed by atoms with E-state index in [4.69, 9.17) is 4.74 Å². The van der Waals surface area contributed by atoms with Gasteiger partial charge in [-0.2, -0.15) is 0 Å². The molecule has 0 amide bonds. The molecule has 0 aliphatic rings. The van der Waals surface area contributed by atoms with Crippen LogP contribution in [0, 0.1) is 10.1 Å². The van der Waals surface area contributed by atoms with Gasteiger partial charge in [0.05, 0.1) is 11.5 Å². The molecule has 0 atom stereocenters. The van der Waals surface area contributed by atoms with Crippen LogP contribution in [0.25, 0.3) is 0 Å². The molecule has 0 fully saturated rings. The van der Waals surface area contributed by atoms with E-state index in [1.807, 2.05) is 0 Å². The van der Waals surface area contributed by atoms with Crippen molar-refractivity contribution in [3.8, 4) is 5.88 Å². The van der Waals surface area contributed by atoms with Crippen LogP contribution in [0.15, 0.2) is 18.3 Å². The van der Waals surface area contributed by atoms with Gasteiger partial charge in [0.1, 0.15) is 12.5 Å². The van der Waals surface area contributed by atoms with Crippen molar-refractivity contribution in [2.24, 2.45) is 0 Å². The Kier molecular flexibility index (Phi) is 4.91. The molecule has 1 rings (SSSR count). The Morgan fingerprint density at radius 2 is 2.25 bits per heavy atom. The van der Waals surface area contributed by atoms with E-state index in [0.29, 0.717) is 18.9 Å². The molecule has 0 N–H and O–H groups in total. The third kappa shape index (κ3) is 4.04. The number of unbranched alkanes of at least 4 members (excludes halogenated alkanes) is 2. The van der Waals surface area contributed by atoms with E-state index in [1.54, 1.807) is 0 Å². The molecule has 1 aromatic rings. The smallest absolute Gasteiger partial charge is 0.287 e. The van der Waals surface area contributed by atoms with Gasteiger partial charge in [-0.15, -0.1) is 0 Å². The molecule has 86 valence electrons. The first-order valence-corrected chi connectivity index (χ1v) is 4.91. The first kappa shape index (κ1) is 12.1. The van der Waals surface area contributed by atoms with Crippen LogP contribution >= 0.6 is 0 Å². The minimum absolute atomic E-state index is 0.0618. The summed E-state index contributed by atoms with van der Waals surface area (Å²) >= 11 is 0. The number of aldehydes is 1. The molecular formula is C10H12N2O4. The molecule has 0 aliphatic heterocycles. The first-order valence-electron chi connectivity index (χ1n) is 4.91. The lowest BCUT2D eigenvalue weighted by atomic mass is 10.3. The summed E-state index contributed by atoms with van der Waals surface area (Å²) in [6, 6.07) is 2.80. The van der Waals surface area contributed by atoms with Gasteiger partial charge in [-0.3, -0.25) is 10.1 Å². The van der Waals surface area contributed by atoms with Crippen LogP contribution in [-0.2, 0) is 4.79 Å². The summed E-state index contributed by atoms with van der Waals surface area (Å²) in [4.78, 5) is 23.6. The lowest BCUT2D eigenvalue weighted by molar-refractivity contribution is -0.385. The van der Waals surface area contributed by atoms with Crippen molar-refractivity contribution in [1.29, 1.82) is 0 Å². The zero-order valence-electron chi connectivity index (χ0n) is 8.67. The molecule has 0 spiro atoms. The van der Waals surface area contributed by atoms with Crippen LogP contribution in [0.3, 0.4) is 0 Å². The van der Waals surface area contributed by atoms with Gasteiger partial charge in [0.2, 0.25) is 5.88 Å². The van der Waals surface area contributed by atoms with Crippen molar-refractivity contribution in [2.75, 3.05) is 6.61 Å². The minimum atomic E-state index is -0.513. The fraction of sp³-hybridized carbons (Fsp3) is 0.400. The van der Waals surface area contributed by atoms with Crippen molar-refractivity contribution >= 4 is 12.0 Å². The van der Waals surface area contributed by atoms with E-state index >= 15 is 0 Å². The maximum atomic E-state index is 10.3. The molecule has 6 heteroatoms. The van der Waals surface area contributed by atoms with Crippen LogP contribution in [0.4, 0.5) is 5.69 Å². The van der Waals surface area contributed by atoms with E-state index in [2.05, 4.69) is 4.98 Å². The summed E-state index contributed by atoms with van der Waals surface area (Å²) in [6.07, 6.45) is 4.08. The van der Waals surface area contributed by atoms with Crippen LogP contribution in [0.2, 0.25) is 0 Å². The largest absolute Gasteiger partial charge is 0.478 e. The summed E-state index contributed by atoms with van der Waals surface area (Å²) < 4.78 is 5.24. The van der Waals surface area contributed by atoms with Crippen LogP contribution in [0.5, 0.6) is 5.88 Å². The van der Waals surface area contributed by atoms with Crippen LogP contribution in [-0.4, -0.2) is 22.8 Å². The summed E-state index contributed by atoms with van der Waals surface area (Å²) in [5.74, 6) is 0.358. The van der Waals surface area contributed by atoms with Crippen molar-refractivity contribution < 1.29 is 14.5 Å². The second-order valence-corrected chi connectivity index (χ2v) is 3.12. The number of hydrogen-bond donors (Lipinski definition) is 0. The average Bonchev–Trinajstić information content (AvgIpc) is 2.29. The van der Waals surface area contributed by atoms with Crippen molar-refractivity contribution in [2.45, 2.75) is 19.3 Å². The molecule has 16 heavy (non-hydrogen) atoms. The van der Waals surface area contributed by atoms with Gasteiger partial charge in [0.25, 0.3) is 5.69 Å². The monoisotopic (exact) mass is 224 g/mol. The minimum Gasteiger partial charge on any atom is -0.478 e. The molecular weight excluding hydrogens is 212 g/mol. The lowest BCUT2D eigenvalue weighted by Gasteiger charge is -2.03. The molecule has 1 heterocycles. The molecule has 0 saturated heterocycles. The Hall–Kier alpha value is -1.98. The Morgan fingerprint density at radius 1 is 1.44 bits per heavy atom. The highest BCUT2D eigenvalue weighted by Crippen LogP contribution is 2.13. The van der Waals surface area contributed by atoms with Crippen LogP contribution < -0.4 is 4.74 Å². The Bertz CT molecular complexity index is 350. The van der Waals surface area contributed by atoms with Gasteiger partial charge in [-0.25, -0.2) is 4.98 Å². The second kappa shape index (κ2) is 6.49. The maximum absolute atomic E-state index is 10.3. The first-order chi connectivity index (χ1) is 7.74. The number of hydrogen-bond acceptors (Lipinski definition) is 5. The van der Waals surface area contributed by atoms with Crippen molar-refractivity contribution in [3.63, 3.8) is 0 Å². The summed E-state index contributed by atoms with van der Waals surface area (Å²) in [6.45, 7) is 0.457. The molecule has 0 bridgehead atoms. The summed E-state index contributed by atoms with van der Waals surface area (Å²) in [5.41, 5.74) is -0.0618. The third-order valence-electron chi connectivity index (χ3n) is 1.90. The number of pyridine rings is 1. The molecule has 0 unspecified atom stereocenters. The molecule has 1 aromatic heterocycles. The van der Waals surface area contributed by atoms with Gasteiger partial charge < -0.3 is 9.53 Å².